The Balaban J connectivity index is 2.19. The number of methoxy groups -OCH3 is 1. The van der Waals surface area contributed by atoms with Gasteiger partial charge in [0, 0.05) is 0 Å². The van der Waals surface area contributed by atoms with Gasteiger partial charge in [0.15, 0.2) is 11.5 Å². The third-order valence-electron chi connectivity index (χ3n) is 2.97. The average molecular weight is 275 g/mol. The monoisotopic (exact) mass is 275 g/mol. The Morgan fingerprint density at radius 3 is 2.65 bits per heavy atom. The van der Waals surface area contributed by atoms with Crippen LogP contribution in [0.1, 0.15) is 11.1 Å². The van der Waals surface area contributed by atoms with E-state index >= 15 is 0 Å². The van der Waals surface area contributed by atoms with E-state index in [9.17, 15) is 4.39 Å². The molecule has 106 valence electrons. The van der Waals surface area contributed by atoms with Gasteiger partial charge in [-0.05, 0) is 42.3 Å². The molecule has 0 amide bonds. The summed E-state index contributed by atoms with van der Waals surface area (Å²) in [6.45, 7) is 0.819. The number of hydrogen-bond donors (Lipinski definition) is 1. The van der Waals surface area contributed by atoms with Gasteiger partial charge in [-0.1, -0.05) is 24.3 Å². The molecule has 2 aromatic rings. The first-order valence-electron chi connectivity index (χ1n) is 6.47. The van der Waals surface area contributed by atoms with Crippen molar-refractivity contribution in [1.29, 1.82) is 0 Å². The fraction of sp³-hybridized carbons (Fsp3) is 0.250. The molecule has 0 unspecified atom stereocenters. The first-order chi connectivity index (χ1) is 9.74. The normalized spacial score (nSPS) is 10.3. The Labute approximate surface area is 118 Å². The van der Waals surface area contributed by atoms with Gasteiger partial charge in [0.05, 0.1) is 7.11 Å². The highest BCUT2D eigenvalue weighted by molar-refractivity contribution is 5.46. The lowest BCUT2D eigenvalue weighted by Crippen LogP contribution is -2.06. The fourth-order valence-electron chi connectivity index (χ4n) is 2.02. The zero-order valence-electron chi connectivity index (χ0n) is 11.4. The highest BCUT2D eigenvalue weighted by atomic mass is 19.1. The molecule has 0 fully saturated rings. The largest absolute Gasteiger partial charge is 0.493 e. The van der Waals surface area contributed by atoms with Crippen LogP contribution in [0.2, 0.25) is 0 Å². The molecule has 0 aliphatic rings. The maximum Gasteiger partial charge on any atom is 0.164 e. The summed E-state index contributed by atoms with van der Waals surface area (Å²) < 4.78 is 24.3. The molecule has 2 aromatic carbocycles. The standard InChI is InChI=1S/C16H18FNO2/c1-19-15-7-3-5-13(8-9-18)16(15)20-11-12-4-2-6-14(17)10-12/h2-7,10H,8-9,11,18H2,1H3. The summed E-state index contributed by atoms with van der Waals surface area (Å²) in [6, 6.07) is 12.0. The van der Waals surface area contributed by atoms with E-state index in [1.165, 1.54) is 12.1 Å². The van der Waals surface area contributed by atoms with Crippen molar-refractivity contribution in [3.05, 3.63) is 59.4 Å². The first kappa shape index (κ1) is 14.3. The minimum Gasteiger partial charge on any atom is -0.493 e. The first-order valence-corrected chi connectivity index (χ1v) is 6.47. The van der Waals surface area contributed by atoms with Gasteiger partial charge >= 0.3 is 0 Å². The second-order valence-corrected chi connectivity index (χ2v) is 4.41. The van der Waals surface area contributed by atoms with Gasteiger partial charge in [-0.25, -0.2) is 4.39 Å². The van der Waals surface area contributed by atoms with Crippen LogP contribution in [0, 0.1) is 5.82 Å². The molecule has 0 aromatic heterocycles. The van der Waals surface area contributed by atoms with E-state index in [1.54, 1.807) is 13.2 Å². The maximum atomic E-state index is 13.1. The number of hydrogen-bond acceptors (Lipinski definition) is 3. The van der Waals surface area contributed by atoms with Crippen LogP contribution in [0.4, 0.5) is 4.39 Å². The van der Waals surface area contributed by atoms with Crippen LogP contribution >= 0.6 is 0 Å². The van der Waals surface area contributed by atoms with E-state index in [-0.39, 0.29) is 12.4 Å². The van der Waals surface area contributed by atoms with E-state index < -0.39 is 0 Å². The smallest absolute Gasteiger partial charge is 0.164 e. The summed E-state index contributed by atoms with van der Waals surface area (Å²) in [4.78, 5) is 0. The van der Waals surface area contributed by atoms with Crippen molar-refractivity contribution >= 4 is 0 Å². The van der Waals surface area contributed by atoms with Crippen molar-refractivity contribution in [2.24, 2.45) is 5.73 Å². The van der Waals surface area contributed by atoms with Crippen molar-refractivity contribution in [3.63, 3.8) is 0 Å². The van der Waals surface area contributed by atoms with Crippen LogP contribution in [0.5, 0.6) is 11.5 Å². The molecule has 0 aliphatic carbocycles. The van der Waals surface area contributed by atoms with Gasteiger partial charge in [0.1, 0.15) is 12.4 Å². The number of benzene rings is 2. The van der Waals surface area contributed by atoms with Gasteiger partial charge in [-0.2, -0.15) is 0 Å². The summed E-state index contributed by atoms with van der Waals surface area (Å²) >= 11 is 0. The van der Waals surface area contributed by atoms with Gasteiger partial charge in [-0.15, -0.1) is 0 Å². The SMILES string of the molecule is COc1cccc(CCN)c1OCc1cccc(F)c1. The number of halogens is 1. The molecule has 0 spiro atoms. The average Bonchev–Trinajstić information content (AvgIpc) is 2.46. The Morgan fingerprint density at radius 1 is 1.15 bits per heavy atom. The van der Waals surface area contributed by atoms with Crippen molar-refractivity contribution in [2.75, 3.05) is 13.7 Å². The highest BCUT2D eigenvalue weighted by Crippen LogP contribution is 2.32. The second kappa shape index (κ2) is 6.91. The summed E-state index contributed by atoms with van der Waals surface area (Å²) in [6.07, 6.45) is 0.704. The molecule has 0 atom stereocenters. The molecule has 0 radical (unpaired) electrons. The Bertz CT molecular complexity index is 572. The van der Waals surface area contributed by atoms with Gasteiger partial charge < -0.3 is 15.2 Å². The Kier molecular flexibility index (Phi) is 4.96. The van der Waals surface area contributed by atoms with Gasteiger partial charge in [0.2, 0.25) is 0 Å². The van der Waals surface area contributed by atoms with Crippen molar-refractivity contribution < 1.29 is 13.9 Å². The van der Waals surface area contributed by atoms with Crippen LogP contribution in [0.3, 0.4) is 0 Å². The summed E-state index contributed by atoms with van der Waals surface area (Å²) in [5, 5.41) is 0. The molecule has 0 saturated carbocycles. The van der Waals surface area contributed by atoms with Crippen molar-refractivity contribution in [1.82, 2.24) is 0 Å². The summed E-state index contributed by atoms with van der Waals surface area (Å²) in [5.74, 6) is 1.06. The molecule has 0 aliphatic heterocycles. The van der Waals surface area contributed by atoms with E-state index in [0.717, 1.165) is 11.1 Å². The van der Waals surface area contributed by atoms with Crippen molar-refractivity contribution in [2.45, 2.75) is 13.0 Å². The fourth-order valence-corrected chi connectivity index (χ4v) is 2.02. The molecule has 3 nitrogen and oxygen atoms in total. The van der Waals surface area contributed by atoms with E-state index in [1.807, 2.05) is 24.3 Å². The van der Waals surface area contributed by atoms with Crippen LogP contribution in [-0.4, -0.2) is 13.7 Å². The van der Waals surface area contributed by atoms with Crippen LogP contribution in [0.25, 0.3) is 0 Å². The van der Waals surface area contributed by atoms with Gasteiger partial charge in [0.25, 0.3) is 0 Å². The highest BCUT2D eigenvalue weighted by Gasteiger charge is 2.10. The summed E-state index contributed by atoms with van der Waals surface area (Å²) in [5.41, 5.74) is 7.36. The maximum absolute atomic E-state index is 13.1. The number of nitrogens with two attached hydrogens (primary N) is 1. The molecule has 0 saturated heterocycles. The molecule has 2 rings (SSSR count). The zero-order valence-corrected chi connectivity index (χ0v) is 11.4. The molecular weight excluding hydrogens is 257 g/mol. The quantitative estimate of drug-likeness (QED) is 0.881. The van der Waals surface area contributed by atoms with Crippen LogP contribution in [-0.2, 0) is 13.0 Å². The topological polar surface area (TPSA) is 44.5 Å². The number of para-hydroxylation sites is 1. The predicted molar refractivity (Wildman–Crippen MR) is 76.5 cm³/mol. The summed E-state index contributed by atoms with van der Waals surface area (Å²) in [7, 11) is 1.59. The zero-order chi connectivity index (χ0) is 14.4. The molecule has 0 bridgehead atoms. The molecular formula is C16H18FNO2. The molecule has 2 N–H and O–H groups in total. The van der Waals surface area contributed by atoms with E-state index in [0.29, 0.717) is 24.5 Å². The molecule has 0 heterocycles. The lowest BCUT2D eigenvalue weighted by molar-refractivity contribution is 0.281. The Hall–Kier alpha value is -2.07. The minimum absolute atomic E-state index is 0.270. The molecule has 4 heteroatoms. The van der Waals surface area contributed by atoms with Crippen LogP contribution < -0.4 is 15.2 Å². The van der Waals surface area contributed by atoms with Gasteiger partial charge in [-0.3, -0.25) is 0 Å². The molecule has 20 heavy (non-hydrogen) atoms. The lowest BCUT2D eigenvalue weighted by Gasteiger charge is -2.14. The Morgan fingerprint density at radius 2 is 1.95 bits per heavy atom. The lowest BCUT2D eigenvalue weighted by atomic mass is 10.1. The van der Waals surface area contributed by atoms with Crippen molar-refractivity contribution in [3.8, 4) is 11.5 Å². The van der Waals surface area contributed by atoms with E-state index in [2.05, 4.69) is 0 Å². The van der Waals surface area contributed by atoms with E-state index in [4.69, 9.17) is 15.2 Å². The number of ether oxygens (including phenoxy) is 2. The third-order valence-corrected chi connectivity index (χ3v) is 2.97. The van der Waals surface area contributed by atoms with Crippen LogP contribution in [0.15, 0.2) is 42.5 Å². The third kappa shape index (κ3) is 3.48. The number of rotatable bonds is 6. The minimum atomic E-state index is -0.270. The predicted octanol–water partition coefficient (Wildman–Crippen LogP) is 2.91. The second-order valence-electron chi connectivity index (χ2n) is 4.41.